The summed E-state index contributed by atoms with van der Waals surface area (Å²) in [4.78, 5) is 0. The second kappa shape index (κ2) is 4.07. The molecule has 0 spiro atoms. The van der Waals surface area contributed by atoms with E-state index in [2.05, 4.69) is 30.3 Å². The SMILES string of the molecule is O[C@@H]1c2cccc3ccc4c5ccccc5cc(c4c23)[C@@H]1O. The van der Waals surface area contributed by atoms with Crippen molar-refractivity contribution in [2.75, 3.05) is 0 Å². The van der Waals surface area contributed by atoms with E-state index >= 15 is 0 Å². The van der Waals surface area contributed by atoms with Crippen LogP contribution in [0.3, 0.4) is 0 Å². The van der Waals surface area contributed by atoms with E-state index in [-0.39, 0.29) is 0 Å². The zero-order valence-corrected chi connectivity index (χ0v) is 11.8. The summed E-state index contributed by atoms with van der Waals surface area (Å²) in [6.45, 7) is 0. The molecule has 1 aliphatic carbocycles. The summed E-state index contributed by atoms with van der Waals surface area (Å²) in [7, 11) is 0. The van der Waals surface area contributed by atoms with Crippen molar-refractivity contribution < 1.29 is 10.2 Å². The first-order chi connectivity index (χ1) is 10.8. The lowest BCUT2D eigenvalue weighted by atomic mass is 9.81. The van der Waals surface area contributed by atoms with Gasteiger partial charge in [0.15, 0.2) is 0 Å². The van der Waals surface area contributed by atoms with Crippen molar-refractivity contribution in [1.29, 1.82) is 0 Å². The lowest BCUT2D eigenvalue weighted by Gasteiger charge is -2.28. The van der Waals surface area contributed by atoms with Crippen LogP contribution in [0, 0.1) is 0 Å². The molecule has 2 atom stereocenters. The largest absolute Gasteiger partial charge is 0.385 e. The highest BCUT2D eigenvalue weighted by atomic mass is 16.3. The Balaban J connectivity index is 2.15. The minimum absolute atomic E-state index is 0.818. The monoisotopic (exact) mass is 286 g/mol. The third-order valence-electron chi connectivity index (χ3n) is 4.86. The average Bonchev–Trinajstić information content (AvgIpc) is 2.57. The van der Waals surface area contributed by atoms with Gasteiger partial charge in [-0.1, -0.05) is 54.6 Å². The van der Waals surface area contributed by atoms with Crippen molar-refractivity contribution in [1.82, 2.24) is 0 Å². The van der Waals surface area contributed by atoms with E-state index in [0.717, 1.165) is 38.1 Å². The molecule has 0 aromatic heterocycles. The van der Waals surface area contributed by atoms with E-state index in [1.165, 1.54) is 5.39 Å². The van der Waals surface area contributed by atoms with Gasteiger partial charge in [0, 0.05) is 0 Å². The number of hydrogen-bond donors (Lipinski definition) is 2. The molecule has 0 amide bonds. The standard InChI is InChI=1S/C20H14O2/c21-19-15-7-3-5-11-8-9-14-13-6-2-1-4-12(13)10-16(20(19)22)18(14)17(11)15/h1-10,19-22H/t19-,20+/m1/s1. The molecule has 0 radical (unpaired) electrons. The summed E-state index contributed by atoms with van der Waals surface area (Å²) >= 11 is 0. The highest BCUT2D eigenvalue weighted by Crippen LogP contribution is 2.46. The summed E-state index contributed by atoms with van der Waals surface area (Å²) in [6.07, 6.45) is -1.75. The van der Waals surface area contributed by atoms with Crippen LogP contribution in [0.15, 0.2) is 60.7 Å². The van der Waals surface area contributed by atoms with Crippen LogP contribution < -0.4 is 0 Å². The molecule has 0 saturated heterocycles. The molecule has 22 heavy (non-hydrogen) atoms. The summed E-state index contributed by atoms with van der Waals surface area (Å²) in [5.74, 6) is 0. The molecule has 0 heterocycles. The van der Waals surface area contributed by atoms with E-state index in [0.29, 0.717) is 0 Å². The first-order valence-electron chi connectivity index (χ1n) is 7.49. The highest BCUT2D eigenvalue weighted by Gasteiger charge is 2.30. The normalized spacial score (nSPS) is 20.3. The Morgan fingerprint density at radius 3 is 2.27 bits per heavy atom. The Morgan fingerprint density at radius 2 is 1.36 bits per heavy atom. The third-order valence-corrected chi connectivity index (χ3v) is 4.86. The van der Waals surface area contributed by atoms with Gasteiger partial charge in [-0.05, 0) is 49.5 Å². The van der Waals surface area contributed by atoms with Gasteiger partial charge in [-0.15, -0.1) is 0 Å². The summed E-state index contributed by atoms with van der Waals surface area (Å²) in [5, 5.41) is 27.8. The number of benzene rings is 4. The third kappa shape index (κ3) is 1.36. The Morgan fingerprint density at radius 1 is 0.591 bits per heavy atom. The molecular weight excluding hydrogens is 272 g/mol. The first-order valence-corrected chi connectivity index (χ1v) is 7.49. The fraction of sp³-hybridized carbons (Fsp3) is 0.100. The van der Waals surface area contributed by atoms with Crippen LogP contribution in [0.4, 0.5) is 0 Å². The highest BCUT2D eigenvalue weighted by molar-refractivity contribution is 6.20. The van der Waals surface area contributed by atoms with Crippen molar-refractivity contribution >= 4 is 32.3 Å². The fourth-order valence-corrected chi connectivity index (χ4v) is 3.86. The molecule has 106 valence electrons. The Kier molecular flexibility index (Phi) is 2.25. The van der Waals surface area contributed by atoms with Crippen LogP contribution in [-0.4, -0.2) is 10.2 Å². The van der Waals surface area contributed by atoms with Gasteiger partial charge in [-0.25, -0.2) is 0 Å². The van der Waals surface area contributed by atoms with E-state index < -0.39 is 12.2 Å². The summed E-state index contributed by atoms with van der Waals surface area (Å²) in [5.41, 5.74) is 1.64. The number of rotatable bonds is 0. The molecule has 0 saturated carbocycles. The first kappa shape index (κ1) is 12.2. The maximum Gasteiger partial charge on any atom is 0.110 e. The van der Waals surface area contributed by atoms with Gasteiger partial charge < -0.3 is 10.2 Å². The number of aliphatic hydroxyl groups excluding tert-OH is 2. The van der Waals surface area contributed by atoms with Crippen LogP contribution in [0.25, 0.3) is 32.3 Å². The van der Waals surface area contributed by atoms with Crippen molar-refractivity contribution in [2.24, 2.45) is 0 Å². The van der Waals surface area contributed by atoms with Crippen molar-refractivity contribution in [3.05, 3.63) is 71.8 Å². The van der Waals surface area contributed by atoms with Gasteiger partial charge in [0.05, 0.1) is 0 Å². The number of aliphatic hydroxyl groups is 2. The van der Waals surface area contributed by atoms with Gasteiger partial charge in [0.25, 0.3) is 0 Å². The Hall–Kier alpha value is -2.42. The molecule has 2 nitrogen and oxygen atoms in total. The lowest BCUT2D eigenvalue weighted by Crippen LogP contribution is -2.15. The minimum Gasteiger partial charge on any atom is -0.385 e. The zero-order valence-electron chi connectivity index (χ0n) is 11.8. The maximum atomic E-state index is 10.6. The van der Waals surface area contributed by atoms with Crippen molar-refractivity contribution in [2.45, 2.75) is 12.2 Å². The lowest BCUT2D eigenvalue weighted by molar-refractivity contribution is 0.0179. The summed E-state index contributed by atoms with van der Waals surface area (Å²) in [6, 6.07) is 20.3. The predicted molar refractivity (Wildman–Crippen MR) is 88.9 cm³/mol. The minimum atomic E-state index is -0.882. The molecule has 0 bridgehead atoms. The number of fused-ring (bicyclic) bond motifs is 2. The van der Waals surface area contributed by atoms with E-state index in [9.17, 15) is 10.2 Å². The average molecular weight is 286 g/mol. The molecule has 0 fully saturated rings. The van der Waals surface area contributed by atoms with Crippen LogP contribution in [0.2, 0.25) is 0 Å². The zero-order chi connectivity index (χ0) is 14.8. The van der Waals surface area contributed by atoms with Gasteiger partial charge in [0.1, 0.15) is 12.2 Å². The maximum absolute atomic E-state index is 10.6. The molecule has 0 aliphatic heterocycles. The molecule has 4 aromatic rings. The smallest absolute Gasteiger partial charge is 0.110 e. The fourth-order valence-electron chi connectivity index (χ4n) is 3.86. The quantitative estimate of drug-likeness (QED) is 0.475. The van der Waals surface area contributed by atoms with Crippen LogP contribution >= 0.6 is 0 Å². The van der Waals surface area contributed by atoms with Crippen LogP contribution in [0.5, 0.6) is 0 Å². The van der Waals surface area contributed by atoms with Gasteiger partial charge >= 0.3 is 0 Å². The molecule has 1 aliphatic rings. The van der Waals surface area contributed by atoms with E-state index in [1.54, 1.807) is 0 Å². The molecule has 5 rings (SSSR count). The molecule has 4 aromatic carbocycles. The predicted octanol–water partition coefficient (Wildman–Crippen LogP) is 4.23. The Labute approximate surface area is 127 Å². The van der Waals surface area contributed by atoms with E-state index in [1.807, 2.05) is 30.3 Å². The molecule has 2 N–H and O–H groups in total. The second-order valence-electron chi connectivity index (χ2n) is 6.01. The Bertz CT molecular complexity index is 1070. The molecule has 0 unspecified atom stereocenters. The van der Waals surface area contributed by atoms with Gasteiger partial charge in [-0.3, -0.25) is 0 Å². The van der Waals surface area contributed by atoms with Crippen molar-refractivity contribution in [3.63, 3.8) is 0 Å². The van der Waals surface area contributed by atoms with Gasteiger partial charge in [-0.2, -0.15) is 0 Å². The van der Waals surface area contributed by atoms with Crippen LogP contribution in [0.1, 0.15) is 23.3 Å². The molecule has 2 heteroatoms. The number of hydrogen-bond acceptors (Lipinski definition) is 2. The molecular formula is C20H14O2. The second-order valence-corrected chi connectivity index (χ2v) is 6.01. The van der Waals surface area contributed by atoms with Gasteiger partial charge in [0.2, 0.25) is 0 Å². The van der Waals surface area contributed by atoms with Crippen LogP contribution in [-0.2, 0) is 0 Å². The summed E-state index contributed by atoms with van der Waals surface area (Å²) < 4.78 is 0. The topological polar surface area (TPSA) is 40.5 Å². The van der Waals surface area contributed by atoms with E-state index in [4.69, 9.17) is 0 Å². The van der Waals surface area contributed by atoms with Crippen molar-refractivity contribution in [3.8, 4) is 0 Å².